The van der Waals surface area contributed by atoms with E-state index in [0.717, 1.165) is 33.8 Å². The highest BCUT2D eigenvalue weighted by Gasteiger charge is 2.13. The van der Waals surface area contributed by atoms with Crippen LogP contribution in [0.3, 0.4) is 0 Å². The molecule has 0 aliphatic rings. The summed E-state index contributed by atoms with van der Waals surface area (Å²) in [6, 6.07) is 13.9. The van der Waals surface area contributed by atoms with Crippen LogP contribution in [0.5, 0.6) is 5.75 Å². The number of nitrogens with one attached hydrogen (secondary N) is 1. The van der Waals surface area contributed by atoms with Crippen molar-refractivity contribution < 1.29 is 4.74 Å². The fourth-order valence-electron chi connectivity index (χ4n) is 1.98. The summed E-state index contributed by atoms with van der Waals surface area (Å²) in [5.74, 6) is 0.846. The van der Waals surface area contributed by atoms with Crippen LogP contribution in [0, 0.1) is 0 Å². The van der Waals surface area contributed by atoms with Gasteiger partial charge in [-0.15, -0.1) is 0 Å². The Hall–Kier alpha value is -1.03. The molecule has 0 unspecified atom stereocenters. The molecule has 0 saturated carbocycles. The fraction of sp³-hybridized carbons (Fsp3) is 0.368. The van der Waals surface area contributed by atoms with Crippen molar-refractivity contribution in [2.24, 2.45) is 0 Å². The molecule has 0 amide bonds. The molecule has 1 N–H and O–H groups in total. The molecule has 124 valence electrons. The highest BCUT2D eigenvalue weighted by atomic mass is 79.9. The van der Waals surface area contributed by atoms with Gasteiger partial charge < -0.3 is 10.1 Å². The minimum Gasteiger partial charge on any atom is -0.488 e. The molecule has 0 radical (unpaired) electrons. The monoisotopic (exact) mass is 395 g/mol. The van der Waals surface area contributed by atoms with E-state index in [-0.39, 0.29) is 5.54 Å². The number of rotatable bonds is 7. The van der Waals surface area contributed by atoms with E-state index in [1.165, 1.54) is 5.56 Å². The molecule has 4 heteroatoms. The summed E-state index contributed by atoms with van der Waals surface area (Å²) in [5.41, 5.74) is 2.48. The zero-order chi connectivity index (χ0) is 16.9. The lowest BCUT2D eigenvalue weighted by molar-refractivity contribution is 0.304. The molecule has 2 nitrogen and oxygen atoms in total. The van der Waals surface area contributed by atoms with Gasteiger partial charge in [-0.05, 0) is 71.6 Å². The third-order valence-corrected chi connectivity index (χ3v) is 4.83. The average Bonchev–Trinajstić information content (AvgIpc) is 2.54. The van der Waals surface area contributed by atoms with Crippen molar-refractivity contribution in [3.63, 3.8) is 0 Å². The van der Waals surface area contributed by atoms with Crippen molar-refractivity contribution >= 4 is 27.5 Å². The van der Waals surface area contributed by atoms with Crippen LogP contribution in [0.1, 0.15) is 38.3 Å². The van der Waals surface area contributed by atoms with Crippen molar-refractivity contribution in [3.8, 4) is 5.75 Å². The number of benzene rings is 2. The summed E-state index contributed by atoms with van der Waals surface area (Å²) in [4.78, 5) is 0. The van der Waals surface area contributed by atoms with Gasteiger partial charge in [0.05, 0.1) is 4.47 Å². The van der Waals surface area contributed by atoms with Gasteiger partial charge in [-0.1, -0.05) is 36.7 Å². The Kier molecular flexibility index (Phi) is 6.51. The summed E-state index contributed by atoms with van der Waals surface area (Å²) in [6.45, 7) is 7.99. The lowest BCUT2D eigenvalue weighted by Crippen LogP contribution is -2.37. The van der Waals surface area contributed by atoms with E-state index >= 15 is 0 Å². The zero-order valence-electron chi connectivity index (χ0n) is 13.8. The van der Waals surface area contributed by atoms with E-state index in [0.29, 0.717) is 6.61 Å². The maximum absolute atomic E-state index is 5.89. The van der Waals surface area contributed by atoms with Gasteiger partial charge in [0.15, 0.2) is 0 Å². The zero-order valence-corrected chi connectivity index (χ0v) is 16.2. The van der Waals surface area contributed by atoms with Crippen molar-refractivity contribution in [1.82, 2.24) is 5.32 Å². The molecule has 0 saturated heterocycles. The van der Waals surface area contributed by atoms with E-state index in [2.05, 4.69) is 54.2 Å². The van der Waals surface area contributed by atoms with Crippen LogP contribution in [0.25, 0.3) is 0 Å². The van der Waals surface area contributed by atoms with Crippen LogP contribution in [-0.2, 0) is 13.2 Å². The maximum atomic E-state index is 5.89. The summed E-state index contributed by atoms with van der Waals surface area (Å²) >= 11 is 9.49. The molecule has 0 atom stereocenters. The van der Waals surface area contributed by atoms with E-state index in [9.17, 15) is 0 Å². The first-order valence-electron chi connectivity index (χ1n) is 7.80. The van der Waals surface area contributed by atoms with E-state index < -0.39 is 0 Å². The molecule has 0 aliphatic carbocycles. The van der Waals surface area contributed by atoms with Crippen molar-refractivity contribution in [2.75, 3.05) is 0 Å². The Morgan fingerprint density at radius 3 is 2.35 bits per heavy atom. The number of hydrogen-bond donors (Lipinski definition) is 1. The summed E-state index contributed by atoms with van der Waals surface area (Å²) in [6.07, 6.45) is 1.09. The molecule has 2 rings (SSSR count). The Bertz CT molecular complexity index is 640. The molecular weight excluding hydrogens is 374 g/mol. The minimum absolute atomic E-state index is 0.149. The molecule has 0 aliphatic heterocycles. The SMILES string of the molecule is CCC(C)(C)NCc1ccc(OCc2ccc(Cl)cc2)c(Br)c1. The van der Waals surface area contributed by atoms with Crippen molar-refractivity contribution in [2.45, 2.75) is 45.9 Å². The minimum atomic E-state index is 0.149. The molecule has 0 heterocycles. The molecule has 2 aromatic carbocycles. The third kappa shape index (κ3) is 5.83. The van der Waals surface area contributed by atoms with Crippen LogP contribution >= 0.6 is 27.5 Å². The van der Waals surface area contributed by atoms with Gasteiger partial charge in [0.2, 0.25) is 0 Å². The number of hydrogen-bond acceptors (Lipinski definition) is 2. The largest absolute Gasteiger partial charge is 0.488 e. The van der Waals surface area contributed by atoms with Gasteiger partial charge in [-0.2, -0.15) is 0 Å². The summed E-state index contributed by atoms with van der Waals surface area (Å²) in [5, 5.41) is 4.30. The maximum Gasteiger partial charge on any atom is 0.134 e. The fourth-order valence-corrected chi connectivity index (χ4v) is 2.65. The van der Waals surface area contributed by atoms with Gasteiger partial charge in [0.1, 0.15) is 12.4 Å². The van der Waals surface area contributed by atoms with Crippen LogP contribution in [0.2, 0.25) is 5.02 Å². The van der Waals surface area contributed by atoms with E-state index in [1.54, 1.807) is 0 Å². The second-order valence-electron chi connectivity index (χ2n) is 6.27. The average molecular weight is 397 g/mol. The quantitative estimate of drug-likeness (QED) is 0.623. The summed E-state index contributed by atoms with van der Waals surface area (Å²) in [7, 11) is 0. The van der Waals surface area contributed by atoms with Gasteiger partial charge in [0, 0.05) is 17.1 Å². The van der Waals surface area contributed by atoms with E-state index in [4.69, 9.17) is 16.3 Å². The smallest absolute Gasteiger partial charge is 0.134 e. The molecule has 2 aromatic rings. The first-order chi connectivity index (χ1) is 10.9. The Morgan fingerprint density at radius 1 is 1.09 bits per heavy atom. The molecule has 0 bridgehead atoms. The topological polar surface area (TPSA) is 21.3 Å². The van der Waals surface area contributed by atoms with Gasteiger partial charge in [-0.3, -0.25) is 0 Å². The van der Waals surface area contributed by atoms with Crippen LogP contribution in [-0.4, -0.2) is 5.54 Å². The van der Waals surface area contributed by atoms with Gasteiger partial charge >= 0.3 is 0 Å². The molecule has 23 heavy (non-hydrogen) atoms. The second-order valence-corrected chi connectivity index (χ2v) is 7.56. The standard InChI is InChI=1S/C19H23BrClNO/c1-4-19(2,3)22-12-15-7-10-18(17(20)11-15)23-13-14-5-8-16(21)9-6-14/h5-11,22H,4,12-13H2,1-3H3. The normalized spacial score (nSPS) is 11.5. The molecule has 0 fully saturated rings. The predicted molar refractivity (Wildman–Crippen MR) is 101 cm³/mol. The van der Waals surface area contributed by atoms with Crippen LogP contribution < -0.4 is 10.1 Å². The molecular formula is C19H23BrClNO. The lowest BCUT2D eigenvalue weighted by atomic mass is 10.0. The Labute approximate surface area is 152 Å². The second kappa shape index (κ2) is 8.18. The van der Waals surface area contributed by atoms with Crippen molar-refractivity contribution in [3.05, 3.63) is 63.1 Å². The summed E-state index contributed by atoms with van der Waals surface area (Å²) < 4.78 is 6.85. The Morgan fingerprint density at radius 2 is 1.74 bits per heavy atom. The lowest BCUT2D eigenvalue weighted by Gasteiger charge is -2.24. The highest BCUT2D eigenvalue weighted by molar-refractivity contribution is 9.10. The third-order valence-electron chi connectivity index (χ3n) is 3.96. The number of ether oxygens (including phenoxy) is 1. The van der Waals surface area contributed by atoms with Crippen LogP contribution in [0.15, 0.2) is 46.9 Å². The van der Waals surface area contributed by atoms with Gasteiger partial charge in [0.25, 0.3) is 0 Å². The molecule has 0 spiro atoms. The Balaban J connectivity index is 1.95. The number of halogens is 2. The first-order valence-corrected chi connectivity index (χ1v) is 8.97. The van der Waals surface area contributed by atoms with E-state index in [1.807, 2.05) is 30.3 Å². The first kappa shape index (κ1) is 18.3. The predicted octanol–water partition coefficient (Wildman–Crippen LogP) is 5.96. The highest BCUT2D eigenvalue weighted by Crippen LogP contribution is 2.27. The van der Waals surface area contributed by atoms with Crippen molar-refractivity contribution in [1.29, 1.82) is 0 Å². The van der Waals surface area contributed by atoms with Crippen LogP contribution in [0.4, 0.5) is 0 Å². The molecule has 0 aromatic heterocycles. The van der Waals surface area contributed by atoms with Gasteiger partial charge in [-0.25, -0.2) is 0 Å².